The van der Waals surface area contributed by atoms with Crippen molar-refractivity contribution >= 4 is 28.6 Å². The van der Waals surface area contributed by atoms with Crippen LogP contribution in [0.5, 0.6) is 0 Å². The molecule has 1 unspecified atom stereocenters. The third kappa shape index (κ3) is 21.2. The Labute approximate surface area is 402 Å². The summed E-state index contributed by atoms with van der Waals surface area (Å²) in [5.74, 6) is -0.702. The van der Waals surface area contributed by atoms with E-state index in [0.717, 1.165) is 60.4 Å². The minimum absolute atomic E-state index is 0.104. The van der Waals surface area contributed by atoms with Crippen LogP contribution in [-0.2, 0) is 78.0 Å². The number of carbonyl (C=O) groups is 2. The van der Waals surface area contributed by atoms with Crippen LogP contribution in [0.25, 0.3) is 0 Å². The number of hydrogen-bond acceptors (Lipinski definition) is 11. The number of ether oxygens (including phenoxy) is 6. The molecule has 5 rings (SSSR count). The van der Waals surface area contributed by atoms with Crippen LogP contribution >= 0.6 is 8.60 Å². The first kappa shape index (κ1) is 54.1. The summed E-state index contributed by atoms with van der Waals surface area (Å²) in [7, 11) is -3.63. The molecule has 0 aromatic heterocycles. The zero-order chi connectivity index (χ0) is 47.5. The number of hydrogen-bond donors (Lipinski definition) is 0. The maximum absolute atomic E-state index is 13.1. The number of benzene rings is 4. The van der Waals surface area contributed by atoms with Gasteiger partial charge in [0.1, 0.15) is 24.9 Å². The maximum Gasteiger partial charge on any atom is 0.333 e. The van der Waals surface area contributed by atoms with E-state index in [0.29, 0.717) is 45.7 Å². The van der Waals surface area contributed by atoms with Gasteiger partial charge in [-0.25, -0.2) is 0 Å². The highest BCUT2D eigenvalue weighted by atomic mass is 31.2. The first-order valence-corrected chi connectivity index (χ1v) is 29.1. The molecule has 11 nitrogen and oxygen atoms in total. The number of esters is 2. The first-order valence-electron chi connectivity index (χ1n) is 24.3. The van der Waals surface area contributed by atoms with E-state index in [2.05, 4.69) is 33.5 Å². The van der Waals surface area contributed by atoms with Crippen LogP contribution < -0.4 is 0 Å². The fourth-order valence-electron chi connectivity index (χ4n) is 7.48. The molecule has 0 amide bonds. The highest BCUT2D eigenvalue weighted by Crippen LogP contribution is 2.46. The second kappa shape index (κ2) is 30.6. The highest BCUT2D eigenvalue weighted by molar-refractivity contribution is 7.41. The molecule has 67 heavy (non-hydrogen) atoms. The van der Waals surface area contributed by atoms with Crippen molar-refractivity contribution in [3.63, 3.8) is 0 Å². The topological polar surface area (TPSA) is 117 Å². The van der Waals surface area contributed by atoms with Gasteiger partial charge in [-0.05, 0) is 41.1 Å². The van der Waals surface area contributed by atoms with Crippen molar-refractivity contribution in [2.45, 2.75) is 160 Å². The Bertz CT molecular complexity index is 1920. The average molecular weight is 959 g/mol. The molecular formula is C54H75O11PSi. The normalized spacial score (nSPS) is 19.4. The summed E-state index contributed by atoms with van der Waals surface area (Å²) in [4.78, 5) is 25.9. The van der Waals surface area contributed by atoms with Gasteiger partial charge in [-0.3, -0.25) is 9.59 Å². The van der Waals surface area contributed by atoms with Gasteiger partial charge in [0, 0.05) is 27.3 Å². The molecule has 1 fully saturated rings. The standard InChI is InChI=1S/C54H75O11PSi/c1-6-8-14-32-50(55)58-41-47(64-51(56)33-15-9-7-2)42-63-66(62-34-35-67(3,4)5)65-49-36-48(57-37-43-24-16-10-17-25-43)52(59-38-44-26-18-11-19-27-44)54(61-40-46-30-22-13-23-31-46)53(49)60-39-45-28-20-12-21-29-45/h10-13,16-31,47-49,52-54H,6-9,14-15,32-42H2,1-5H3/t47-,48+,49-,52-,53+,54+,66?/m1/s1. The predicted octanol–water partition coefficient (Wildman–Crippen LogP) is 12.3. The Morgan fingerprint density at radius 1 is 0.552 bits per heavy atom. The molecule has 0 heterocycles. The largest absolute Gasteiger partial charge is 0.462 e. The smallest absolute Gasteiger partial charge is 0.333 e. The van der Waals surface area contributed by atoms with Crippen molar-refractivity contribution in [3.8, 4) is 0 Å². The molecule has 1 aliphatic carbocycles. The lowest BCUT2D eigenvalue weighted by Crippen LogP contribution is -2.59. The van der Waals surface area contributed by atoms with Crippen molar-refractivity contribution in [1.82, 2.24) is 0 Å². The Kier molecular flexibility index (Phi) is 24.7. The summed E-state index contributed by atoms with van der Waals surface area (Å²) in [5.41, 5.74) is 4.03. The summed E-state index contributed by atoms with van der Waals surface area (Å²) in [5, 5.41) is 0. The molecule has 7 atom stereocenters. The SMILES string of the molecule is CCCCCC(=O)OC[C@H](COP(OCC[Si](C)(C)C)O[C@@H]1C[C@H](OCc2ccccc2)[C@@H](OCc2ccccc2)[C@H](OCc2ccccc2)[C@H]1OCc1ccccc1)OC(=O)CCCCC. The van der Waals surface area contributed by atoms with E-state index in [1.807, 2.05) is 121 Å². The van der Waals surface area contributed by atoms with E-state index in [1.54, 1.807) is 0 Å². The molecule has 13 heteroatoms. The summed E-state index contributed by atoms with van der Waals surface area (Å²) < 4.78 is 59.5. The molecule has 4 aromatic rings. The van der Waals surface area contributed by atoms with E-state index in [4.69, 9.17) is 42.0 Å². The van der Waals surface area contributed by atoms with E-state index in [9.17, 15) is 9.59 Å². The van der Waals surface area contributed by atoms with Crippen LogP contribution in [0.2, 0.25) is 25.7 Å². The molecule has 0 spiro atoms. The molecule has 1 aliphatic rings. The van der Waals surface area contributed by atoms with Crippen molar-refractivity contribution < 1.29 is 51.6 Å². The Morgan fingerprint density at radius 2 is 1.00 bits per heavy atom. The van der Waals surface area contributed by atoms with E-state index in [1.165, 1.54) is 0 Å². The number of carbonyl (C=O) groups excluding carboxylic acids is 2. The van der Waals surface area contributed by atoms with Crippen molar-refractivity contribution in [1.29, 1.82) is 0 Å². The minimum atomic E-state index is -2.08. The lowest BCUT2D eigenvalue weighted by molar-refractivity contribution is -0.238. The average Bonchev–Trinajstić information content (AvgIpc) is 3.33. The first-order chi connectivity index (χ1) is 32.6. The van der Waals surface area contributed by atoms with Crippen molar-refractivity contribution in [3.05, 3.63) is 144 Å². The third-order valence-electron chi connectivity index (χ3n) is 11.3. The van der Waals surface area contributed by atoms with Gasteiger partial charge in [0.05, 0.1) is 51.8 Å². The maximum atomic E-state index is 13.1. The van der Waals surface area contributed by atoms with E-state index in [-0.39, 0.29) is 38.2 Å². The van der Waals surface area contributed by atoms with Gasteiger partial charge >= 0.3 is 20.5 Å². The molecule has 1 saturated carbocycles. The molecule has 0 saturated heterocycles. The van der Waals surface area contributed by atoms with Gasteiger partial charge in [0.15, 0.2) is 6.10 Å². The summed E-state index contributed by atoms with van der Waals surface area (Å²) in [6.45, 7) is 12.4. The number of unbranched alkanes of at least 4 members (excludes halogenated alkanes) is 4. The molecule has 0 N–H and O–H groups in total. The minimum Gasteiger partial charge on any atom is -0.462 e. The third-order valence-corrected chi connectivity index (χ3v) is 14.2. The molecule has 366 valence electrons. The zero-order valence-corrected chi connectivity index (χ0v) is 42.4. The van der Waals surface area contributed by atoms with Crippen LogP contribution in [0.1, 0.15) is 93.9 Å². The van der Waals surface area contributed by atoms with Gasteiger partial charge in [-0.2, -0.15) is 0 Å². The fraction of sp³-hybridized carbons (Fsp3) is 0.519. The van der Waals surface area contributed by atoms with Crippen molar-refractivity contribution in [2.24, 2.45) is 0 Å². The van der Waals surface area contributed by atoms with E-state index < -0.39 is 53.3 Å². The molecule has 0 aliphatic heterocycles. The van der Waals surface area contributed by atoms with Gasteiger partial charge < -0.3 is 42.0 Å². The molecular weight excluding hydrogens is 884 g/mol. The molecule has 0 radical (unpaired) electrons. The number of rotatable bonds is 32. The zero-order valence-electron chi connectivity index (χ0n) is 40.5. The quantitative estimate of drug-likeness (QED) is 0.0201. The van der Waals surface area contributed by atoms with Crippen LogP contribution in [0.4, 0.5) is 0 Å². The Morgan fingerprint density at radius 3 is 1.48 bits per heavy atom. The van der Waals surface area contributed by atoms with Crippen LogP contribution in [0, 0.1) is 0 Å². The second-order valence-corrected chi connectivity index (χ2v) is 25.2. The van der Waals surface area contributed by atoms with Crippen molar-refractivity contribution in [2.75, 3.05) is 19.8 Å². The summed E-state index contributed by atoms with van der Waals surface area (Å²) >= 11 is 0. The second-order valence-electron chi connectivity index (χ2n) is 18.4. The Hall–Kier alpha value is -3.81. The van der Waals surface area contributed by atoms with Gasteiger partial charge in [-0.1, -0.05) is 180 Å². The monoisotopic (exact) mass is 958 g/mol. The van der Waals surface area contributed by atoms with Crippen LogP contribution in [-0.4, -0.2) is 76.5 Å². The molecule has 0 bridgehead atoms. The van der Waals surface area contributed by atoms with E-state index >= 15 is 0 Å². The van der Waals surface area contributed by atoms with Crippen LogP contribution in [0.15, 0.2) is 121 Å². The lowest BCUT2D eigenvalue weighted by atomic mass is 9.86. The van der Waals surface area contributed by atoms with Gasteiger partial charge in [0.2, 0.25) is 0 Å². The van der Waals surface area contributed by atoms with Gasteiger partial charge in [0.25, 0.3) is 0 Å². The van der Waals surface area contributed by atoms with Gasteiger partial charge in [-0.15, -0.1) is 0 Å². The predicted molar refractivity (Wildman–Crippen MR) is 266 cm³/mol. The highest BCUT2D eigenvalue weighted by Gasteiger charge is 2.50. The summed E-state index contributed by atoms with van der Waals surface area (Å²) in [6.07, 6.45) is 2.20. The fourth-order valence-corrected chi connectivity index (χ4v) is 9.52. The Balaban J connectivity index is 1.48. The molecule has 4 aromatic carbocycles. The van der Waals surface area contributed by atoms with Crippen LogP contribution in [0.3, 0.4) is 0 Å². The lowest BCUT2D eigenvalue weighted by Gasteiger charge is -2.46. The summed E-state index contributed by atoms with van der Waals surface area (Å²) in [6, 6.07) is 41.1.